The number of nitrogens with one attached hydrogen (secondary N) is 1. The molecule has 0 saturated carbocycles. The van der Waals surface area contributed by atoms with Crippen LogP contribution in [0.2, 0.25) is 0 Å². The van der Waals surface area contributed by atoms with Crippen LogP contribution < -0.4 is 28.7 Å². The van der Waals surface area contributed by atoms with Crippen molar-refractivity contribution in [3.8, 4) is 0 Å². The molecule has 0 atom stereocenters. The highest BCUT2D eigenvalue weighted by atomic mass is 16.5. The molecule has 210 valence electrons. The molecule has 1 aliphatic rings. The van der Waals surface area contributed by atoms with Crippen LogP contribution in [-0.2, 0) is 4.74 Å². The fraction of sp³-hybridized carbons (Fsp3) is 1.00. The summed E-state index contributed by atoms with van der Waals surface area (Å²) in [5.41, 5.74) is 13.5. The number of ether oxygens (including phenoxy) is 1. The van der Waals surface area contributed by atoms with Gasteiger partial charge in [0.1, 0.15) is 0 Å². The largest absolute Gasteiger partial charge is 0.379 e. The SMILES string of the molecule is C1COCCN1.CC.CC.CC.CC.CC.CCCC.CCCC.CN.CN.CN.N.[HH]. The molecule has 1 saturated heterocycles. The third-order valence-corrected chi connectivity index (χ3v) is 1.85. The molecular weight excluding hydrogens is 386 g/mol. The lowest BCUT2D eigenvalue weighted by atomic mass is 10.4. The molecular formula is C25H79N5O. The molecule has 1 heterocycles. The molecule has 0 spiro atoms. The van der Waals surface area contributed by atoms with E-state index in [1.165, 1.54) is 46.8 Å². The molecule has 1 fully saturated rings. The van der Waals surface area contributed by atoms with Crippen LogP contribution in [0.25, 0.3) is 0 Å². The Labute approximate surface area is 205 Å². The highest BCUT2D eigenvalue weighted by Gasteiger charge is 1.92. The van der Waals surface area contributed by atoms with E-state index in [-0.39, 0.29) is 7.58 Å². The highest BCUT2D eigenvalue weighted by Crippen LogP contribution is 1.77. The summed E-state index contributed by atoms with van der Waals surface area (Å²) in [4.78, 5) is 0. The zero-order chi connectivity index (χ0) is 27.1. The van der Waals surface area contributed by atoms with Gasteiger partial charge in [0.15, 0.2) is 0 Å². The Morgan fingerprint density at radius 3 is 0.710 bits per heavy atom. The van der Waals surface area contributed by atoms with Crippen LogP contribution in [0.1, 0.15) is 124 Å². The molecule has 1 aliphatic heterocycles. The van der Waals surface area contributed by atoms with Crippen LogP contribution >= 0.6 is 0 Å². The van der Waals surface area contributed by atoms with Crippen LogP contribution in [0, 0.1) is 0 Å². The molecule has 0 radical (unpaired) electrons. The normalized spacial score (nSPS) is 8.13. The second-order valence-corrected chi connectivity index (χ2v) is 3.36. The molecule has 0 bridgehead atoms. The number of nitrogens with two attached hydrogens (primary N) is 3. The summed E-state index contributed by atoms with van der Waals surface area (Å²) in [5.74, 6) is 0. The van der Waals surface area contributed by atoms with Crippen molar-refractivity contribution >= 4 is 0 Å². The van der Waals surface area contributed by atoms with Crippen molar-refractivity contribution in [2.45, 2.75) is 123 Å². The van der Waals surface area contributed by atoms with E-state index in [9.17, 15) is 0 Å². The van der Waals surface area contributed by atoms with E-state index < -0.39 is 0 Å². The predicted molar refractivity (Wildman–Crippen MR) is 159 cm³/mol. The molecule has 31 heavy (non-hydrogen) atoms. The minimum absolute atomic E-state index is 0. The van der Waals surface area contributed by atoms with Gasteiger partial charge in [-0.3, -0.25) is 0 Å². The highest BCUT2D eigenvalue weighted by molar-refractivity contribution is 4.49. The van der Waals surface area contributed by atoms with E-state index in [2.05, 4.69) is 50.2 Å². The van der Waals surface area contributed by atoms with E-state index in [4.69, 9.17) is 4.74 Å². The average Bonchev–Trinajstić information content (AvgIpc) is 2.94. The quantitative estimate of drug-likeness (QED) is 0.287. The summed E-state index contributed by atoms with van der Waals surface area (Å²) in [5, 5.41) is 3.16. The molecule has 6 nitrogen and oxygen atoms in total. The summed E-state index contributed by atoms with van der Waals surface area (Å²) in [7, 11) is 4.50. The zero-order valence-corrected chi connectivity index (χ0v) is 26.0. The summed E-state index contributed by atoms with van der Waals surface area (Å²) in [6, 6.07) is 0. The Hall–Kier alpha value is -0.240. The number of hydrogen-bond acceptors (Lipinski definition) is 6. The minimum atomic E-state index is 0. The second kappa shape index (κ2) is 258. The smallest absolute Gasteiger partial charge is 0.0591 e. The predicted octanol–water partition coefficient (Wildman–Crippen LogP) is 7.48. The Morgan fingerprint density at radius 1 is 0.516 bits per heavy atom. The van der Waals surface area contributed by atoms with Crippen LogP contribution in [0.3, 0.4) is 0 Å². The number of morpholine rings is 1. The molecule has 6 heteroatoms. The van der Waals surface area contributed by atoms with Gasteiger partial charge in [0, 0.05) is 14.5 Å². The average molecular weight is 466 g/mol. The Balaban J connectivity index is -0.0000000142. The van der Waals surface area contributed by atoms with E-state index in [1.807, 2.05) is 69.2 Å². The van der Waals surface area contributed by atoms with Gasteiger partial charge in [-0.05, 0) is 21.1 Å². The summed E-state index contributed by atoms with van der Waals surface area (Å²) in [6.07, 6.45) is 5.28. The molecule has 1 rings (SSSR count). The van der Waals surface area contributed by atoms with Gasteiger partial charge in [0.05, 0.1) is 13.2 Å². The molecule has 0 aromatic carbocycles. The van der Waals surface area contributed by atoms with E-state index in [0.717, 1.165) is 26.3 Å². The van der Waals surface area contributed by atoms with Crippen LogP contribution in [0.4, 0.5) is 0 Å². The fourth-order valence-corrected chi connectivity index (χ4v) is 0.516. The van der Waals surface area contributed by atoms with Gasteiger partial charge in [0.2, 0.25) is 0 Å². The van der Waals surface area contributed by atoms with Crippen molar-refractivity contribution in [1.82, 2.24) is 11.5 Å². The maximum absolute atomic E-state index is 5.01. The first-order valence-electron chi connectivity index (χ1n) is 12.8. The first-order valence-corrected chi connectivity index (χ1v) is 12.8. The first kappa shape index (κ1) is 69.8. The molecule has 0 amide bonds. The van der Waals surface area contributed by atoms with Crippen molar-refractivity contribution in [2.75, 3.05) is 47.4 Å². The van der Waals surface area contributed by atoms with Crippen molar-refractivity contribution in [3.05, 3.63) is 0 Å². The fourth-order valence-electron chi connectivity index (χ4n) is 0.516. The van der Waals surface area contributed by atoms with Gasteiger partial charge in [-0.2, -0.15) is 0 Å². The number of hydrogen-bond donors (Lipinski definition) is 5. The van der Waals surface area contributed by atoms with Crippen LogP contribution in [0.15, 0.2) is 0 Å². The second-order valence-electron chi connectivity index (χ2n) is 3.36. The van der Waals surface area contributed by atoms with E-state index in [1.54, 1.807) is 0 Å². The summed E-state index contributed by atoms with van der Waals surface area (Å²) >= 11 is 0. The molecule has 0 aromatic heterocycles. The standard InChI is InChI=1S/C4H9NO.2C4H10.5C2H6.3CH5N.H3N.H2/c1-3-6-4-2-5-1;2*1-3-4-2;8*1-2;;/h5H,1-4H2;2*3-4H2,1-2H3;5*1-2H3;3*2H2,1H3;1H3;1H. The lowest BCUT2D eigenvalue weighted by molar-refractivity contribution is 0.109. The number of rotatable bonds is 2. The maximum atomic E-state index is 5.01. The van der Waals surface area contributed by atoms with Gasteiger partial charge >= 0.3 is 0 Å². The molecule has 0 aromatic rings. The lowest BCUT2D eigenvalue weighted by Crippen LogP contribution is -2.30. The van der Waals surface area contributed by atoms with Gasteiger partial charge in [-0.25, -0.2) is 0 Å². The van der Waals surface area contributed by atoms with Gasteiger partial charge in [0.25, 0.3) is 0 Å². The number of unbranched alkanes of at least 4 members (excludes halogenated alkanes) is 2. The third-order valence-electron chi connectivity index (χ3n) is 1.85. The van der Waals surface area contributed by atoms with E-state index in [0.29, 0.717) is 0 Å². The minimum Gasteiger partial charge on any atom is -0.379 e. The first-order chi connectivity index (χ1) is 14.8. The Bertz CT molecular complexity index is 75.2. The monoisotopic (exact) mass is 466 g/mol. The Morgan fingerprint density at radius 2 is 0.677 bits per heavy atom. The van der Waals surface area contributed by atoms with Crippen molar-refractivity contribution in [1.29, 1.82) is 0 Å². The third kappa shape index (κ3) is 381. The topological polar surface area (TPSA) is 134 Å². The Kier molecular flexibility index (Phi) is 582. The van der Waals surface area contributed by atoms with Crippen LogP contribution in [0.5, 0.6) is 0 Å². The van der Waals surface area contributed by atoms with Gasteiger partial charge in [-0.1, -0.05) is 123 Å². The molecule has 0 unspecified atom stereocenters. The van der Waals surface area contributed by atoms with E-state index >= 15 is 0 Å². The zero-order valence-electron chi connectivity index (χ0n) is 26.0. The van der Waals surface area contributed by atoms with Crippen LogP contribution in [-0.4, -0.2) is 47.4 Å². The molecule has 0 aliphatic carbocycles. The van der Waals surface area contributed by atoms with Crippen molar-refractivity contribution in [3.63, 3.8) is 0 Å². The van der Waals surface area contributed by atoms with Crippen molar-refractivity contribution < 1.29 is 6.16 Å². The van der Waals surface area contributed by atoms with Gasteiger partial charge in [-0.15, -0.1) is 0 Å². The summed E-state index contributed by atoms with van der Waals surface area (Å²) < 4.78 is 5.01. The maximum Gasteiger partial charge on any atom is 0.0591 e. The van der Waals surface area contributed by atoms with Gasteiger partial charge < -0.3 is 33.4 Å². The molecule has 10 N–H and O–H groups in total. The lowest BCUT2D eigenvalue weighted by Gasteiger charge is -2.10. The summed E-state index contributed by atoms with van der Waals surface area (Å²) in [6.45, 7) is 32.6. The van der Waals surface area contributed by atoms with Crippen molar-refractivity contribution in [2.24, 2.45) is 17.2 Å².